The van der Waals surface area contributed by atoms with Crippen molar-refractivity contribution in [3.05, 3.63) is 83.4 Å². The monoisotopic (exact) mass is 417 g/mol. The molecule has 0 aliphatic carbocycles. The molecule has 1 unspecified atom stereocenters. The van der Waals surface area contributed by atoms with Gasteiger partial charge in [-0.25, -0.2) is 0 Å². The summed E-state index contributed by atoms with van der Waals surface area (Å²) in [5, 5.41) is 2.72. The summed E-state index contributed by atoms with van der Waals surface area (Å²) in [6, 6.07) is 20.2. The van der Waals surface area contributed by atoms with Crippen molar-refractivity contribution < 1.29 is 23.8 Å². The summed E-state index contributed by atoms with van der Waals surface area (Å²) in [7, 11) is 1.61. The van der Waals surface area contributed by atoms with Crippen molar-refractivity contribution in [1.82, 2.24) is 0 Å². The third-order valence-electron chi connectivity index (χ3n) is 5.07. The number of carbonyl (C=O) groups excluding carboxylic acids is 2. The van der Waals surface area contributed by atoms with Crippen molar-refractivity contribution in [2.24, 2.45) is 0 Å². The predicted molar refractivity (Wildman–Crippen MR) is 117 cm³/mol. The standard InChI is InChI=1S/C25H23NO5/c1-16(27)26-19-8-10-20(11-9-19)30-15-18-13-17(7-12-23(18)29-2)25-14-22(28)21-5-3-4-6-24(21)31-25/h3-13,25H,14-15H2,1-2H3,(H,26,27). The quantitative estimate of drug-likeness (QED) is 0.615. The number of ether oxygens (including phenoxy) is 3. The largest absolute Gasteiger partial charge is 0.496 e. The highest BCUT2D eigenvalue weighted by molar-refractivity contribution is 6.00. The molecule has 0 radical (unpaired) electrons. The minimum atomic E-state index is -0.357. The Morgan fingerprint density at radius 2 is 1.87 bits per heavy atom. The van der Waals surface area contributed by atoms with E-state index in [2.05, 4.69) is 5.32 Å². The first-order valence-electron chi connectivity index (χ1n) is 9.99. The number of benzene rings is 3. The predicted octanol–water partition coefficient (Wildman–Crippen LogP) is 4.94. The lowest BCUT2D eigenvalue weighted by atomic mass is 9.95. The van der Waals surface area contributed by atoms with Crippen molar-refractivity contribution in [3.8, 4) is 17.2 Å². The molecule has 1 aliphatic heterocycles. The molecule has 3 aromatic carbocycles. The summed E-state index contributed by atoms with van der Waals surface area (Å²) in [6.45, 7) is 1.75. The molecule has 0 spiro atoms. The molecule has 1 atom stereocenters. The lowest BCUT2D eigenvalue weighted by Crippen LogP contribution is -2.20. The Labute approximate surface area is 180 Å². The number of anilines is 1. The van der Waals surface area contributed by atoms with Crippen LogP contribution in [0.2, 0.25) is 0 Å². The van der Waals surface area contributed by atoms with E-state index in [0.29, 0.717) is 28.5 Å². The molecule has 0 saturated carbocycles. The van der Waals surface area contributed by atoms with E-state index in [0.717, 1.165) is 11.1 Å². The Bertz CT molecular complexity index is 1110. The maximum Gasteiger partial charge on any atom is 0.221 e. The lowest BCUT2D eigenvalue weighted by Gasteiger charge is -2.26. The molecule has 0 bridgehead atoms. The first kappa shape index (κ1) is 20.5. The second-order valence-corrected chi connectivity index (χ2v) is 7.30. The molecule has 3 aromatic rings. The van der Waals surface area contributed by atoms with E-state index in [4.69, 9.17) is 14.2 Å². The van der Waals surface area contributed by atoms with Gasteiger partial charge in [-0.05, 0) is 54.1 Å². The van der Waals surface area contributed by atoms with Gasteiger partial charge < -0.3 is 19.5 Å². The molecule has 158 valence electrons. The van der Waals surface area contributed by atoms with Gasteiger partial charge in [0, 0.05) is 18.2 Å². The molecule has 6 nitrogen and oxygen atoms in total. The third-order valence-corrected chi connectivity index (χ3v) is 5.07. The molecule has 1 N–H and O–H groups in total. The minimum absolute atomic E-state index is 0.0692. The minimum Gasteiger partial charge on any atom is -0.496 e. The molecule has 0 fully saturated rings. The van der Waals surface area contributed by atoms with Crippen molar-refractivity contribution in [2.45, 2.75) is 26.1 Å². The zero-order valence-corrected chi connectivity index (χ0v) is 17.4. The topological polar surface area (TPSA) is 73.9 Å². The smallest absolute Gasteiger partial charge is 0.221 e. The zero-order valence-electron chi connectivity index (χ0n) is 17.4. The number of fused-ring (bicyclic) bond motifs is 1. The van der Waals surface area contributed by atoms with Gasteiger partial charge >= 0.3 is 0 Å². The molecular formula is C25H23NO5. The van der Waals surface area contributed by atoms with E-state index in [9.17, 15) is 9.59 Å². The number of methoxy groups -OCH3 is 1. The summed E-state index contributed by atoms with van der Waals surface area (Å²) in [5.74, 6) is 1.92. The number of ketones is 1. The van der Waals surface area contributed by atoms with Crippen LogP contribution in [0.3, 0.4) is 0 Å². The van der Waals surface area contributed by atoms with Gasteiger partial charge in [-0.15, -0.1) is 0 Å². The lowest BCUT2D eigenvalue weighted by molar-refractivity contribution is -0.114. The molecule has 0 saturated heterocycles. The average Bonchev–Trinajstić information content (AvgIpc) is 2.78. The maximum absolute atomic E-state index is 12.5. The fourth-order valence-electron chi connectivity index (χ4n) is 3.57. The number of hydrogen-bond donors (Lipinski definition) is 1. The van der Waals surface area contributed by atoms with Gasteiger partial charge in [0.2, 0.25) is 5.91 Å². The number of Topliss-reactive ketones (excluding diaryl/α,β-unsaturated/α-hetero) is 1. The van der Waals surface area contributed by atoms with Crippen LogP contribution < -0.4 is 19.5 Å². The van der Waals surface area contributed by atoms with Gasteiger partial charge in [0.1, 0.15) is 30.0 Å². The average molecular weight is 417 g/mol. The van der Waals surface area contributed by atoms with Crippen LogP contribution in [0.15, 0.2) is 66.7 Å². The van der Waals surface area contributed by atoms with Crippen molar-refractivity contribution in [2.75, 3.05) is 12.4 Å². The van der Waals surface area contributed by atoms with Crippen LogP contribution in [-0.4, -0.2) is 18.8 Å². The van der Waals surface area contributed by atoms with E-state index in [1.54, 1.807) is 37.4 Å². The van der Waals surface area contributed by atoms with E-state index < -0.39 is 0 Å². The highest BCUT2D eigenvalue weighted by Crippen LogP contribution is 2.36. The summed E-state index contributed by atoms with van der Waals surface area (Å²) < 4.78 is 17.5. The van der Waals surface area contributed by atoms with Crippen LogP contribution in [0.5, 0.6) is 17.2 Å². The van der Waals surface area contributed by atoms with E-state index in [1.807, 2.05) is 36.4 Å². The van der Waals surface area contributed by atoms with Crippen molar-refractivity contribution in [3.63, 3.8) is 0 Å². The number of nitrogens with one attached hydrogen (secondary N) is 1. The van der Waals surface area contributed by atoms with E-state index in [-0.39, 0.29) is 30.8 Å². The summed E-state index contributed by atoms with van der Waals surface area (Å²) in [5.41, 5.74) is 3.07. The number of hydrogen-bond acceptors (Lipinski definition) is 5. The van der Waals surface area contributed by atoms with E-state index >= 15 is 0 Å². The van der Waals surface area contributed by atoms with E-state index in [1.165, 1.54) is 6.92 Å². The first-order valence-corrected chi connectivity index (χ1v) is 9.99. The van der Waals surface area contributed by atoms with Crippen LogP contribution in [0, 0.1) is 0 Å². The normalized spacial score (nSPS) is 14.9. The summed E-state index contributed by atoms with van der Waals surface area (Å²) in [4.78, 5) is 23.7. The van der Waals surface area contributed by atoms with Crippen LogP contribution in [-0.2, 0) is 11.4 Å². The van der Waals surface area contributed by atoms with Crippen LogP contribution >= 0.6 is 0 Å². The summed E-state index contributed by atoms with van der Waals surface area (Å²) >= 11 is 0. The van der Waals surface area contributed by atoms with Crippen LogP contribution in [0.25, 0.3) is 0 Å². The Balaban J connectivity index is 1.50. The Morgan fingerprint density at radius 3 is 2.61 bits per heavy atom. The fourth-order valence-corrected chi connectivity index (χ4v) is 3.57. The second-order valence-electron chi connectivity index (χ2n) is 7.30. The van der Waals surface area contributed by atoms with Gasteiger partial charge in [0.15, 0.2) is 5.78 Å². The Kier molecular flexibility index (Phi) is 5.89. The van der Waals surface area contributed by atoms with Gasteiger partial charge in [-0.3, -0.25) is 9.59 Å². The van der Waals surface area contributed by atoms with Gasteiger partial charge in [0.25, 0.3) is 0 Å². The highest BCUT2D eigenvalue weighted by atomic mass is 16.5. The zero-order chi connectivity index (χ0) is 21.8. The van der Waals surface area contributed by atoms with Crippen LogP contribution in [0.1, 0.15) is 40.9 Å². The molecule has 1 amide bonds. The Morgan fingerprint density at radius 1 is 1.10 bits per heavy atom. The van der Waals surface area contributed by atoms with Crippen molar-refractivity contribution in [1.29, 1.82) is 0 Å². The highest BCUT2D eigenvalue weighted by Gasteiger charge is 2.27. The molecule has 0 aromatic heterocycles. The molecule has 1 heterocycles. The molecule has 31 heavy (non-hydrogen) atoms. The molecule has 6 heteroatoms. The van der Waals surface area contributed by atoms with Gasteiger partial charge in [0.05, 0.1) is 19.1 Å². The van der Waals surface area contributed by atoms with Gasteiger partial charge in [-0.1, -0.05) is 18.2 Å². The number of carbonyl (C=O) groups is 2. The maximum atomic E-state index is 12.5. The Hall–Kier alpha value is -3.80. The van der Waals surface area contributed by atoms with Gasteiger partial charge in [-0.2, -0.15) is 0 Å². The molecule has 4 rings (SSSR count). The fraction of sp³-hybridized carbons (Fsp3) is 0.200. The van der Waals surface area contributed by atoms with Crippen LogP contribution in [0.4, 0.5) is 5.69 Å². The second kappa shape index (κ2) is 8.92. The number of amides is 1. The summed E-state index contributed by atoms with van der Waals surface area (Å²) in [6.07, 6.45) is -0.0714. The number of rotatable bonds is 6. The SMILES string of the molecule is COc1ccc(C2CC(=O)c3ccccc3O2)cc1COc1ccc(NC(C)=O)cc1. The molecular weight excluding hydrogens is 394 g/mol. The first-order chi connectivity index (χ1) is 15.0. The third kappa shape index (κ3) is 4.69. The molecule has 1 aliphatic rings. The number of para-hydroxylation sites is 1. The van der Waals surface area contributed by atoms with Crippen molar-refractivity contribution >= 4 is 17.4 Å².